The molecule has 0 spiro atoms. The minimum atomic E-state index is -6.00. The van der Waals surface area contributed by atoms with Gasteiger partial charge >= 0.3 is 12.4 Å². The first-order valence-electron chi connectivity index (χ1n) is 15.9. The van der Waals surface area contributed by atoms with Crippen LogP contribution in [0.25, 0.3) is 0 Å². The summed E-state index contributed by atoms with van der Waals surface area (Å²) in [5.74, 6) is -1.79. The summed E-state index contributed by atoms with van der Waals surface area (Å²) in [5, 5.41) is 0. The van der Waals surface area contributed by atoms with Gasteiger partial charge in [0.1, 0.15) is 10.6 Å². The third-order valence-electron chi connectivity index (χ3n) is 9.71. The minimum absolute atomic E-state index is 0.0639. The zero-order valence-corrected chi connectivity index (χ0v) is 27.9. The third kappa shape index (κ3) is 6.61. The molecule has 3 aromatic rings. The van der Waals surface area contributed by atoms with Crippen molar-refractivity contribution in [2.45, 2.75) is 66.8 Å². The Kier molecular flexibility index (Phi) is 10.2. The molecular weight excluding hydrogens is 693 g/mol. The molecule has 7 nitrogen and oxygen atoms in total. The van der Waals surface area contributed by atoms with Gasteiger partial charge < -0.3 is 14.5 Å². The van der Waals surface area contributed by atoms with Crippen molar-refractivity contribution >= 4 is 21.7 Å². The van der Waals surface area contributed by atoms with E-state index in [1.54, 1.807) is 11.0 Å². The van der Waals surface area contributed by atoms with E-state index < -0.39 is 62.5 Å². The second-order valence-corrected chi connectivity index (χ2v) is 14.9. The van der Waals surface area contributed by atoms with E-state index >= 15 is 0 Å². The second kappa shape index (κ2) is 13.6. The number of benzene rings is 3. The number of halogens is 7. The van der Waals surface area contributed by atoms with Crippen LogP contribution in [0.2, 0.25) is 0 Å². The number of carbonyl (C=O) groups is 2. The molecule has 2 atom stereocenters. The van der Waals surface area contributed by atoms with Crippen LogP contribution in [0.5, 0.6) is 0 Å². The largest absolute Gasteiger partial charge is 0.430 e. The van der Waals surface area contributed by atoms with Gasteiger partial charge in [-0.2, -0.15) is 26.3 Å². The molecule has 0 N–H and O–H groups in total. The van der Waals surface area contributed by atoms with Crippen LogP contribution in [-0.2, 0) is 34.5 Å². The molecular formula is C35H35F7N2O5S. The van der Waals surface area contributed by atoms with Crippen LogP contribution in [0.15, 0.2) is 83.8 Å². The molecule has 2 aliphatic heterocycles. The number of hydrogen-bond acceptors (Lipinski definition) is 5. The van der Waals surface area contributed by atoms with Crippen LogP contribution in [0.4, 0.5) is 30.7 Å². The number of sulfone groups is 1. The van der Waals surface area contributed by atoms with Crippen molar-refractivity contribution in [1.29, 1.82) is 0 Å². The number of hydrogen-bond donors (Lipinski definition) is 0. The summed E-state index contributed by atoms with van der Waals surface area (Å²) < 4.78 is 134. The molecule has 2 amide bonds. The second-order valence-electron chi connectivity index (χ2n) is 12.7. The summed E-state index contributed by atoms with van der Waals surface area (Å²) in [6.45, 7) is 2.58. The lowest BCUT2D eigenvalue weighted by molar-refractivity contribution is -0.399. The summed E-state index contributed by atoms with van der Waals surface area (Å²) in [6, 6.07) is 13.8. The Morgan fingerprint density at radius 1 is 0.820 bits per heavy atom. The van der Waals surface area contributed by atoms with Gasteiger partial charge in [-0.15, -0.1) is 0 Å². The normalized spacial score (nSPS) is 20.2. The highest BCUT2D eigenvalue weighted by Gasteiger charge is 2.74. The van der Waals surface area contributed by atoms with Crippen LogP contribution in [-0.4, -0.2) is 68.6 Å². The first-order valence-corrected chi connectivity index (χ1v) is 17.3. The van der Waals surface area contributed by atoms with Crippen molar-refractivity contribution in [2.75, 3.05) is 26.2 Å². The number of carbonyl (C=O) groups excluding carboxylic acids is 2. The molecule has 2 fully saturated rings. The Morgan fingerprint density at radius 2 is 1.38 bits per heavy atom. The van der Waals surface area contributed by atoms with Gasteiger partial charge in [0.15, 0.2) is 9.84 Å². The van der Waals surface area contributed by atoms with Gasteiger partial charge in [-0.1, -0.05) is 54.6 Å². The van der Waals surface area contributed by atoms with Crippen LogP contribution >= 0.6 is 0 Å². The average molecular weight is 729 g/mol. The quantitative estimate of drug-likeness (QED) is 0.183. The first kappa shape index (κ1) is 37.3. The van der Waals surface area contributed by atoms with Crippen LogP contribution < -0.4 is 0 Å². The van der Waals surface area contributed by atoms with E-state index in [1.165, 1.54) is 36.1 Å². The highest BCUT2D eigenvalue weighted by atomic mass is 32.2. The molecule has 2 heterocycles. The molecule has 0 bridgehead atoms. The number of likely N-dealkylation sites (tertiary alicyclic amines) is 2. The molecule has 0 aliphatic carbocycles. The van der Waals surface area contributed by atoms with E-state index in [9.17, 15) is 48.7 Å². The fourth-order valence-electron chi connectivity index (χ4n) is 6.87. The number of alkyl halides is 6. The Labute approximate surface area is 284 Å². The van der Waals surface area contributed by atoms with Crippen molar-refractivity contribution in [3.63, 3.8) is 0 Å². The number of nitrogens with zero attached hydrogens (tertiary/aromatic N) is 2. The van der Waals surface area contributed by atoms with Crippen LogP contribution in [0, 0.1) is 11.7 Å². The Hall–Kier alpha value is -3.98. The van der Waals surface area contributed by atoms with E-state index in [-0.39, 0.29) is 40.8 Å². The number of piperidine rings is 1. The fraction of sp³-hybridized carbons (Fsp3) is 0.429. The zero-order valence-electron chi connectivity index (χ0n) is 27.1. The monoisotopic (exact) mass is 728 g/mol. The van der Waals surface area contributed by atoms with Gasteiger partial charge in [-0.05, 0) is 61.6 Å². The smallest absolute Gasteiger partial charge is 0.346 e. The molecule has 0 saturated carbocycles. The summed E-state index contributed by atoms with van der Waals surface area (Å²) >= 11 is 0. The van der Waals surface area contributed by atoms with Gasteiger partial charge in [-0.25, -0.2) is 12.8 Å². The third-order valence-corrected chi connectivity index (χ3v) is 12.2. The summed E-state index contributed by atoms with van der Waals surface area (Å²) in [6.07, 6.45) is -13.2. The van der Waals surface area contributed by atoms with Gasteiger partial charge in [0.05, 0.1) is 11.0 Å². The molecule has 5 rings (SSSR count). The summed E-state index contributed by atoms with van der Waals surface area (Å²) in [4.78, 5) is 28.0. The molecule has 15 heteroatoms. The SMILES string of the molecule is CC(=O)N1CCC(C(=O)N2CC[C@](c3ccc(C(OC(C)c4ccccc4)(C(F)(F)F)C(F)(F)F)cc3)(S(=O)(=O)c3ccc(F)cc3)C2)CC1. The van der Waals surface area contributed by atoms with Crippen molar-refractivity contribution in [3.8, 4) is 0 Å². The Balaban J connectivity index is 1.57. The van der Waals surface area contributed by atoms with E-state index in [4.69, 9.17) is 4.74 Å². The minimum Gasteiger partial charge on any atom is -0.346 e. The Bertz CT molecular complexity index is 1780. The summed E-state index contributed by atoms with van der Waals surface area (Å²) in [7, 11) is -4.54. The molecule has 1 unspecified atom stereocenters. The Morgan fingerprint density at radius 3 is 1.90 bits per heavy atom. The van der Waals surface area contributed by atoms with Gasteiger partial charge in [0.2, 0.25) is 11.8 Å². The molecule has 0 aromatic heterocycles. The molecule has 270 valence electrons. The van der Waals surface area contributed by atoms with E-state index in [0.717, 1.165) is 43.3 Å². The van der Waals surface area contributed by atoms with Crippen molar-refractivity contribution in [3.05, 3.63) is 101 Å². The fourth-order valence-corrected chi connectivity index (χ4v) is 8.95. The highest BCUT2D eigenvalue weighted by molar-refractivity contribution is 7.92. The van der Waals surface area contributed by atoms with Crippen molar-refractivity contribution < 1.29 is 53.5 Å². The lowest BCUT2D eigenvalue weighted by Crippen LogP contribution is -2.56. The van der Waals surface area contributed by atoms with Crippen LogP contribution in [0.1, 0.15) is 55.9 Å². The standard InChI is InChI=1S/C35H35F7N2O5S/c1-23(25-6-4-3-5-7-25)49-33(34(37,38)39,35(40,41)42)28-10-8-27(9-11-28)32(50(47,48)30-14-12-29(36)13-15-30)18-21-44(22-32)31(46)26-16-19-43(20-17-26)24(2)45/h3-15,23,26H,16-22H2,1-2H3/t23?,32-/m0/s1. The number of amides is 2. The van der Waals surface area contributed by atoms with Crippen molar-refractivity contribution in [2.24, 2.45) is 5.92 Å². The molecule has 50 heavy (non-hydrogen) atoms. The van der Waals surface area contributed by atoms with Crippen LogP contribution in [0.3, 0.4) is 0 Å². The predicted octanol–water partition coefficient (Wildman–Crippen LogP) is 7.08. The van der Waals surface area contributed by atoms with E-state index in [1.807, 2.05) is 0 Å². The van der Waals surface area contributed by atoms with Gasteiger partial charge in [-0.3, -0.25) is 9.59 Å². The maximum atomic E-state index is 14.7. The number of rotatable bonds is 8. The lowest BCUT2D eigenvalue weighted by Gasteiger charge is -2.40. The van der Waals surface area contributed by atoms with E-state index in [2.05, 4.69) is 0 Å². The lowest BCUT2D eigenvalue weighted by atomic mass is 9.88. The van der Waals surface area contributed by atoms with Gasteiger partial charge in [0.25, 0.3) is 5.60 Å². The maximum Gasteiger partial charge on any atom is 0.430 e. The first-order chi connectivity index (χ1) is 23.3. The topological polar surface area (TPSA) is 84.0 Å². The zero-order chi connectivity index (χ0) is 36.7. The molecule has 2 aliphatic rings. The molecule has 2 saturated heterocycles. The average Bonchev–Trinajstić information content (AvgIpc) is 3.54. The maximum absolute atomic E-state index is 14.7. The highest BCUT2D eigenvalue weighted by Crippen LogP contribution is 2.55. The van der Waals surface area contributed by atoms with Crippen molar-refractivity contribution in [1.82, 2.24) is 9.80 Å². The molecule has 3 aromatic carbocycles. The predicted molar refractivity (Wildman–Crippen MR) is 168 cm³/mol. The summed E-state index contributed by atoms with van der Waals surface area (Å²) in [5.41, 5.74) is -6.19. The number of ether oxygens (including phenoxy) is 1. The molecule has 0 radical (unpaired) electrons. The van der Waals surface area contributed by atoms with Gasteiger partial charge in [0, 0.05) is 44.6 Å². The van der Waals surface area contributed by atoms with E-state index in [0.29, 0.717) is 38.1 Å².